The zero-order valence-corrected chi connectivity index (χ0v) is 11.0. The van der Waals surface area contributed by atoms with Crippen molar-refractivity contribution in [2.24, 2.45) is 0 Å². The number of nitriles is 1. The van der Waals surface area contributed by atoms with Gasteiger partial charge in [0.05, 0.1) is 17.4 Å². The van der Waals surface area contributed by atoms with E-state index in [1.807, 2.05) is 19.1 Å². The molecule has 0 aliphatic carbocycles. The van der Waals surface area contributed by atoms with E-state index in [9.17, 15) is 8.42 Å². The minimum absolute atomic E-state index is 0.157. The molecular formula is C12H16N2O2S. The van der Waals surface area contributed by atoms with Crippen LogP contribution in [-0.4, -0.2) is 14.5 Å². The number of benzene rings is 1. The maximum atomic E-state index is 12.1. The van der Waals surface area contributed by atoms with Gasteiger partial charge in [0.1, 0.15) is 0 Å². The summed E-state index contributed by atoms with van der Waals surface area (Å²) in [5.41, 5.74) is 1.59. The molecule has 4 nitrogen and oxygen atoms in total. The summed E-state index contributed by atoms with van der Waals surface area (Å²) in [4.78, 5) is 0.280. The average Bonchev–Trinajstić information content (AvgIpc) is 2.21. The molecular weight excluding hydrogens is 236 g/mol. The Balaban J connectivity index is 3.06. The van der Waals surface area contributed by atoms with Gasteiger partial charge in [-0.2, -0.15) is 5.26 Å². The van der Waals surface area contributed by atoms with Crippen molar-refractivity contribution < 1.29 is 8.42 Å². The van der Waals surface area contributed by atoms with E-state index < -0.39 is 10.0 Å². The molecule has 0 heterocycles. The van der Waals surface area contributed by atoms with Gasteiger partial charge in [-0.05, 0) is 38.0 Å². The van der Waals surface area contributed by atoms with E-state index >= 15 is 0 Å². The quantitative estimate of drug-likeness (QED) is 0.889. The SMILES string of the molecule is Cc1ccc(C)c(S(=O)(=O)NC(C)CC#N)c1. The van der Waals surface area contributed by atoms with E-state index in [0.717, 1.165) is 5.56 Å². The number of nitrogens with one attached hydrogen (secondary N) is 1. The molecule has 0 spiro atoms. The van der Waals surface area contributed by atoms with E-state index in [0.29, 0.717) is 5.56 Å². The number of nitrogens with zero attached hydrogens (tertiary/aromatic N) is 1. The van der Waals surface area contributed by atoms with Crippen molar-refractivity contribution in [2.45, 2.75) is 38.1 Å². The summed E-state index contributed by atoms with van der Waals surface area (Å²) in [5.74, 6) is 0. The standard InChI is InChI=1S/C12H16N2O2S/c1-9-4-5-10(2)12(8-9)17(15,16)14-11(3)6-7-13/h4-5,8,11,14H,6H2,1-3H3. The number of hydrogen-bond donors (Lipinski definition) is 1. The van der Waals surface area contributed by atoms with Crippen molar-refractivity contribution in [2.75, 3.05) is 0 Å². The number of hydrogen-bond acceptors (Lipinski definition) is 3. The molecule has 1 N–H and O–H groups in total. The molecule has 0 radical (unpaired) electrons. The Morgan fingerprint density at radius 2 is 2.06 bits per heavy atom. The summed E-state index contributed by atoms with van der Waals surface area (Å²) < 4.78 is 26.6. The summed E-state index contributed by atoms with van der Waals surface area (Å²) in [6, 6.07) is 6.84. The highest BCUT2D eigenvalue weighted by Gasteiger charge is 2.19. The molecule has 0 aliphatic rings. The van der Waals surface area contributed by atoms with Crippen LogP contribution in [0.25, 0.3) is 0 Å². The van der Waals surface area contributed by atoms with E-state index in [2.05, 4.69) is 4.72 Å². The van der Waals surface area contributed by atoms with Crippen molar-refractivity contribution in [3.8, 4) is 6.07 Å². The van der Waals surface area contributed by atoms with Gasteiger partial charge in [-0.1, -0.05) is 12.1 Å². The Morgan fingerprint density at radius 1 is 1.41 bits per heavy atom. The lowest BCUT2D eigenvalue weighted by atomic mass is 10.2. The summed E-state index contributed by atoms with van der Waals surface area (Å²) in [6.07, 6.45) is 0.157. The molecule has 1 aromatic rings. The van der Waals surface area contributed by atoms with Gasteiger partial charge in [0, 0.05) is 6.04 Å². The van der Waals surface area contributed by atoms with Gasteiger partial charge < -0.3 is 0 Å². The number of rotatable bonds is 4. The van der Waals surface area contributed by atoms with E-state index in [1.54, 1.807) is 26.0 Å². The highest BCUT2D eigenvalue weighted by atomic mass is 32.2. The minimum Gasteiger partial charge on any atom is -0.207 e. The summed E-state index contributed by atoms with van der Waals surface area (Å²) in [7, 11) is -3.54. The van der Waals surface area contributed by atoms with E-state index in [1.165, 1.54) is 0 Å². The van der Waals surface area contributed by atoms with Gasteiger partial charge in [0.15, 0.2) is 0 Å². The second-order valence-corrected chi connectivity index (χ2v) is 5.84. The van der Waals surface area contributed by atoms with Crippen molar-refractivity contribution in [3.63, 3.8) is 0 Å². The van der Waals surface area contributed by atoms with E-state index in [4.69, 9.17) is 5.26 Å². The molecule has 0 amide bonds. The molecule has 0 fully saturated rings. The second kappa shape index (κ2) is 5.30. The fraction of sp³-hybridized carbons (Fsp3) is 0.417. The van der Waals surface area contributed by atoms with Gasteiger partial charge in [0.25, 0.3) is 0 Å². The molecule has 1 aromatic carbocycles. The number of sulfonamides is 1. The Hall–Kier alpha value is -1.38. The van der Waals surface area contributed by atoms with Gasteiger partial charge in [-0.15, -0.1) is 0 Å². The Kier molecular flexibility index (Phi) is 4.27. The fourth-order valence-electron chi connectivity index (χ4n) is 1.50. The lowest BCUT2D eigenvalue weighted by molar-refractivity contribution is 0.562. The van der Waals surface area contributed by atoms with Crippen LogP contribution in [-0.2, 0) is 10.0 Å². The first-order chi connectivity index (χ1) is 7.86. The smallest absolute Gasteiger partial charge is 0.207 e. The van der Waals surface area contributed by atoms with Crippen LogP contribution in [0.2, 0.25) is 0 Å². The Bertz CT molecular complexity index is 544. The third-order valence-electron chi connectivity index (χ3n) is 2.39. The Morgan fingerprint density at radius 3 is 2.65 bits per heavy atom. The summed E-state index contributed by atoms with van der Waals surface area (Å²) in [6.45, 7) is 5.27. The fourth-order valence-corrected chi connectivity index (χ4v) is 3.08. The molecule has 17 heavy (non-hydrogen) atoms. The molecule has 1 unspecified atom stereocenters. The van der Waals surface area contributed by atoms with Crippen LogP contribution < -0.4 is 4.72 Å². The van der Waals surface area contributed by atoms with Crippen LogP contribution >= 0.6 is 0 Å². The van der Waals surface area contributed by atoms with Crippen molar-refractivity contribution in [3.05, 3.63) is 29.3 Å². The van der Waals surface area contributed by atoms with Crippen LogP contribution in [0.5, 0.6) is 0 Å². The van der Waals surface area contributed by atoms with Gasteiger partial charge in [-0.3, -0.25) is 0 Å². The first-order valence-electron chi connectivity index (χ1n) is 5.33. The van der Waals surface area contributed by atoms with Crippen molar-refractivity contribution in [1.29, 1.82) is 5.26 Å². The van der Waals surface area contributed by atoms with Gasteiger partial charge >= 0.3 is 0 Å². The Labute approximate surface area is 102 Å². The maximum absolute atomic E-state index is 12.1. The molecule has 92 valence electrons. The third kappa shape index (κ3) is 3.55. The van der Waals surface area contributed by atoms with Gasteiger partial charge in [0.2, 0.25) is 10.0 Å². The highest BCUT2D eigenvalue weighted by molar-refractivity contribution is 7.89. The van der Waals surface area contributed by atoms with Crippen molar-refractivity contribution >= 4 is 10.0 Å². The highest BCUT2D eigenvalue weighted by Crippen LogP contribution is 2.17. The maximum Gasteiger partial charge on any atom is 0.241 e. The summed E-state index contributed by atoms with van der Waals surface area (Å²) >= 11 is 0. The first-order valence-corrected chi connectivity index (χ1v) is 6.81. The molecule has 5 heteroatoms. The van der Waals surface area contributed by atoms with Crippen molar-refractivity contribution in [1.82, 2.24) is 4.72 Å². The van der Waals surface area contributed by atoms with Crippen LogP contribution in [0.3, 0.4) is 0 Å². The van der Waals surface area contributed by atoms with Gasteiger partial charge in [-0.25, -0.2) is 13.1 Å². The predicted octanol–water partition coefficient (Wildman–Crippen LogP) is 1.88. The molecule has 0 bridgehead atoms. The lowest BCUT2D eigenvalue weighted by Crippen LogP contribution is -2.32. The third-order valence-corrected chi connectivity index (χ3v) is 4.12. The summed E-state index contributed by atoms with van der Waals surface area (Å²) in [5, 5.41) is 8.52. The number of aryl methyl sites for hydroxylation is 2. The largest absolute Gasteiger partial charge is 0.241 e. The zero-order chi connectivity index (χ0) is 13.1. The molecule has 1 atom stereocenters. The minimum atomic E-state index is -3.54. The van der Waals surface area contributed by atoms with Crippen LogP contribution in [0.4, 0.5) is 0 Å². The van der Waals surface area contributed by atoms with E-state index in [-0.39, 0.29) is 17.4 Å². The molecule has 1 rings (SSSR count). The van der Waals surface area contributed by atoms with Crippen LogP contribution in [0.15, 0.2) is 23.1 Å². The molecule has 0 saturated heterocycles. The second-order valence-electron chi connectivity index (χ2n) is 4.15. The average molecular weight is 252 g/mol. The van der Waals surface area contributed by atoms with Crippen LogP contribution in [0, 0.1) is 25.2 Å². The topological polar surface area (TPSA) is 70.0 Å². The predicted molar refractivity (Wildman–Crippen MR) is 65.9 cm³/mol. The monoisotopic (exact) mass is 252 g/mol. The molecule has 0 saturated carbocycles. The molecule has 0 aliphatic heterocycles. The first kappa shape index (κ1) is 13.7. The lowest BCUT2D eigenvalue weighted by Gasteiger charge is -2.13. The normalized spacial score (nSPS) is 13.1. The molecule has 0 aromatic heterocycles. The zero-order valence-electron chi connectivity index (χ0n) is 10.2. The van der Waals surface area contributed by atoms with Crippen LogP contribution in [0.1, 0.15) is 24.5 Å².